The van der Waals surface area contributed by atoms with Gasteiger partial charge in [0.15, 0.2) is 5.17 Å². The number of aromatic nitrogens is 2. The Morgan fingerprint density at radius 3 is 3.18 bits per heavy atom. The summed E-state index contributed by atoms with van der Waals surface area (Å²) in [6, 6.07) is 1.90. The van der Waals surface area contributed by atoms with Crippen molar-refractivity contribution in [1.82, 2.24) is 15.3 Å². The second-order valence-corrected chi connectivity index (χ2v) is 5.54. The van der Waals surface area contributed by atoms with Crippen LogP contribution in [0.25, 0.3) is 0 Å². The van der Waals surface area contributed by atoms with Crippen molar-refractivity contribution in [2.75, 3.05) is 5.75 Å². The third-order valence-electron chi connectivity index (χ3n) is 3.11. The summed E-state index contributed by atoms with van der Waals surface area (Å²) in [7, 11) is 0. The number of nitrogens with one attached hydrogen (secondary N) is 1. The SMILES string of the molecule is CCC1(C)CCSC(=NCc2ccncn2)N1. The third-order valence-corrected chi connectivity index (χ3v) is 4.02. The predicted octanol–water partition coefficient (Wildman–Crippen LogP) is 2.23. The lowest BCUT2D eigenvalue weighted by Crippen LogP contribution is -2.48. The van der Waals surface area contributed by atoms with Gasteiger partial charge < -0.3 is 5.32 Å². The average Bonchev–Trinajstić information content (AvgIpc) is 2.38. The molecular formula is C12H18N4S. The van der Waals surface area contributed by atoms with E-state index in [0.717, 1.165) is 23.0 Å². The van der Waals surface area contributed by atoms with Gasteiger partial charge in [-0.2, -0.15) is 0 Å². The first kappa shape index (κ1) is 12.4. The van der Waals surface area contributed by atoms with Crippen LogP contribution in [0.5, 0.6) is 0 Å². The van der Waals surface area contributed by atoms with Crippen LogP contribution in [0.4, 0.5) is 0 Å². The monoisotopic (exact) mass is 250 g/mol. The van der Waals surface area contributed by atoms with Crippen LogP contribution < -0.4 is 5.32 Å². The average molecular weight is 250 g/mol. The highest BCUT2D eigenvalue weighted by molar-refractivity contribution is 8.13. The van der Waals surface area contributed by atoms with Gasteiger partial charge in [-0.15, -0.1) is 0 Å². The van der Waals surface area contributed by atoms with Crippen molar-refractivity contribution in [2.45, 2.75) is 38.8 Å². The van der Waals surface area contributed by atoms with Crippen molar-refractivity contribution in [2.24, 2.45) is 4.99 Å². The number of amidine groups is 1. The van der Waals surface area contributed by atoms with Crippen molar-refractivity contribution in [3.63, 3.8) is 0 Å². The molecule has 1 fully saturated rings. The fraction of sp³-hybridized carbons (Fsp3) is 0.583. The van der Waals surface area contributed by atoms with E-state index in [1.54, 1.807) is 24.3 Å². The first-order chi connectivity index (χ1) is 8.22. The number of thioether (sulfide) groups is 1. The number of nitrogens with zero attached hydrogens (tertiary/aromatic N) is 3. The Morgan fingerprint density at radius 2 is 2.47 bits per heavy atom. The van der Waals surface area contributed by atoms with Crippen molar-refractivity contribution in [3.8, 4) is 0 Å². The summed E-state index contributed by atoms with van der Waals surface area (Å²) in [4.78, 5) is 12.6. The molecule has 0 bridgehead atoms. The molecule has 2 rings (SSSR count). The van der Waals surface area contributed by atoms with Crippen LogP contribution >= 0.6 is 11.8 Å². The van der Waals surface area contributed by atoms with Crippen LogP contribution in [0.2, 0.25) is 0 Å². The standard InChI is InChI=1S/C12H18N4S/c1-3-12(2)5-7-17-11(16-12)14-8-10-4-6-13-9-15-10/h4,6,9H,3,5,7-8H2,1-2H3,(H,14,16). The molecule has 92 valence electrons. The molecule has 0 amide bonds. The Balaban J connectivity index is 1.98. The molecule has 1 aliphatic heterocycles. The lowest BCUT2D eigenvalue weighted by molar-refractivity contribution is 0.390. The normalized spacial score (nSPS) is 26.8. The zero-order chi connectivity index (χ0) is 12.1. The van der Waals surface area contributed by atoms with Gasteiger partial charge in [0.2, 0.25) is 0 Å². The second-order valence-electron chi connectivity index (χ2n) is 4.46. The molecule has 1 unspecified atom stereocenters. The number of hydrogen-bond acceptors (Lipinski definition) is 4. The molecule has 1 aliphatic rings. The molecule has 1 N–H and O–H groups in total. The lowest BCUT2D eigenvalue weighted by Gasteiger charge is -2.35. The van der Waals surface area contributed by atoms with E-state index in [1.807, 2.05) is 6.07 Å². The van der Waals surface area contributed by atoms with Crippen molar-refractivity contribution < 1.29 is 0 Å². The van der Waals surface area contributed by atoms with E-state index < -0.39 is 0 Å². The maximum absolute atomic E-state index is 4.58. The number of aliphatic imine (C=N–C) groups is 1. The summed E-state index contributed by atoms with van der Waals surface area (Å²) in [5, 5.41) is 4.56. The van der Waals surface area contributed by atoms with Crippen LogP contribution in [0.1, 0.15) is 32.4 Å². The molecule has 5 heteroatoms. The molecule has 0 radical (unpaired) electrons. The highest BCUT2D eigenvalue weighted by Gasteiger charge is 2.27. The van der Waals surface area contributed by atoms with Crippen LogP contribution in [-0.4, -0.2) is 26.4 Å². The molecule has 1 aromatic heterocycles. The summed E-state index contributed by atoms with van der Waals surface area (Å²) < 4.78 is 0. The summed E-state index contributed by atoms with van der Waals surface area (Å²) in [5.74, 6) is 1.14. The van der Waals surface area contributed by atoms with Crippen LogP contribution in [0, 0.1) is 0 Å². The van der Waals surface area contributed by atoms with Gasteiger partial charge in [0.25, 0.3) is 0 Å². The van der Waals surface area contributed by atoms with E-state index in [1.165, 1.54) is 6.42 Å². The van der Waals surface area contributed by atoms with Gasteiger partial charge in [-0.3, -0.25) is 4.99 Å². The Kier molecular flexibility index (Phi) is 3.99. The van der Waals surface area contributed by atoms with Crippen LogP contribution in [0.15, 0.2) is 23.6 Å². The van der Waals surface area contributed by atoms with Crippen molar-refractivity contribution in [3.05, 3.63) is 24.3 Å². The molecule has 17 heavy (non-hydrogen) atoms. The molecule has 0 aromatic carbocycles. The van der Waals surface area contributed by atoms with E-state index >= 15 is 0 Å². The first-order valence-corrected chi connectivity index (χ1v) is 6.91. The molecule has 0 saturated carbocycles. The first-order valence-electron chi connectivity index (χ1n) is 5.92. The molecule has 1 aromatic rings. The number of hydrogen-bond donors (Lipinski definition) is 1. The van der Waals surface area contributed by atoms with Gasteiger partial charge in [-0.25, -0.2) is 9.97 Å². The minimum atomic E-state index is 0.204. The molecule has 2 heterocycles. The Hall–Kier alpha value is -1.10. The lowest BCUT2D eigenvalue weighted by atomic mass is 9.96. The minimum absolute atomic E-state index is 0.204. The third kappa shape index (κ3) is 3.43. The topological polar surface area (TPSA) is 50.2 Å². The molecule has 1 atom stereocenters. The van der Waals surface area contributed by atoms with E-state index in [0.29, 0.717) is 6.54 Å². The quantitative estimate of drug-likeness (QED) is 0.893. The maximum atomic E-state index is 4.58. The van der Waals surface area contributed by atoms with Crippen molar-refractivity contribution in [1.29, 1.82) is 0 Å². The highest BCUT2D eigenvalue weighted by atomic mass is 32.2. The minimum Gasteiger partial charge on any atom is -0.360 e. The predicted molar refractivity (Wildman–Crippen MR) is 72.1 cm³/mol. The smallest absolute Gasteiger partial charge is 0.157 e. The fourth-order valence-corrected chi connectivity index (χ4v) is 2.86. The van der Waals surface area contributed by atoms with Crippen molar-refractivity contribution >= 4 is 16.9 Å². The summed E-state index contributed by atoms with van der Waals surface area (Å²) in [6.07, 6.45) is 5.63. The maximum Gasteiger partial charge on any atom is 0.157 e. The largest absolute Gasteiger partial charge is 0.360 e. The van der Waals surface area contributed by atoms with E-state index in [2.05, 4.69) is 34.1 Å². The van der Waals surface area contributed by atoms with E-state index in [9.17, 15) is 0 Å². The van der Waals surface area contributed by atoms with Gasteiger partial charge in [0.1, 0.15) is 6.33 Å². The van der Waals surface area contributed by atoms with Gasteiger partial charge in [0.05, 0.1) is 12.2 Å². The zero-order valence-corrected chi connectivity index (χ0v) is 11.1. The van der Waals surface area contributed by atoms with Crippen LogP contribution in [-0.2, 0) is 6.54 Å². The van der Waals surface area contributed by atoms with Gasteiger partial charge in [-0.1, -0.05) is 18.7 Å². The fourth-order valence-electron chi connectivity index (χ4n) is 1.64. The summed E-state index contributed by atoms with van der Waals surface area (Å²) in [5.41, 5.74) is 1.16. The Bertz CT molecular complexity index is 393. The highest BCUT2D eigenvalue weighted by Crippen LogP contribution is 2.24. The second kappa shape index (κ2) is 5.49. The Labute approximate surface area is 106 Å². The Morgan fingerprint density at radius 1 is 1.59 bits per heavy atom. The van der Waals surface area contributed by atoms with E-state index in [4.69, 9.17) is 0 Å². The molecule has 0 aliphatic carbocycles. The van der Waals surface area contributed by atoms with Gasteiger partial charge in [-0.05, 0) is 25.8 Å². The summed E-state index contributed by atoms with van der Waals surface area (Å²) in [6.45, 7) is 5.09. The van der Waals surface area contributed by atoms with Gasteiger partial charge in [0, 0.05) is 17.5 Å². The summed E-state index contributed by atoms with van der Waals surface area (Å²) >= 11 is 1.80. The zero-order valence-electron chi connectivity index (χ0n) is 10.3. The molecular weight excluding hydrogens is 232 g/mol. The van der Waals surface area contributed by atoms with Crippen LogP contribution in [0.3, 0.4) is 0 Å². The molecule has 0 spiro atoms. The van der Waals surface area contributed by atoms with Gasteiger partial charge >= 0.3 is 0 Å². The molecule has 4 nitrogen and oxygen atoms in total. The molecule has 1 saturated heterocycles. The number of rotatable bonds is 3. The van der Waals surface area contributed by atoms with E-state index in [-0.39, 0.29) is 5.54 Å².